The molecule has 0 saturated carbocycles. The molecule has 3 nitrogen and oxygen atoms in total. The molecule has 0 aromatic rings. The molecule has 0 fully saturated rings. The first-order valence-corrected chi connectivity index (χ1v) is 5.80. The van der Waals surface area contributed by atoms with Crippen molar-refractivity contribution in [3.8, 4) is 0 Å². The van der Waals surface area contributed by atoms with Gasteiger partial charge >= 0.3 is 0 Å². The van der Waals surface area contributed by atoms with E-state index in [1.165, 1.54) is 5.54 Å². The molecule has 0 unspecified atom stereocenters. The Labute approximate surface area is 107 Å². The number of rotatable bonds is 4. The van der Waals surface area contributed by atoms with E-state index in [0.717, 1.165) is 19.8 Å². The minimum Gasteiger partial charge on any atom is -0.481 e. The van der Waals surface area contributed by atoms with Gasteiger partial charge in [-0.2, -0.15) is 0 Å². The molecule has 16 heavy (non-hydrogen) atoms. The number of hydrogen-bond acceptors (Lipinski definition) is 2. The first-order chi connectivity index (χ1) is 7.56. The SMILES string of the molecule is CC(=O)O.CC/C=C\CCO.Cl/C=C\CCl. The summed E-state index contributed by atoms with van der Waals surface area (Å²) >= 11 is 10.2. The van der Waals surface area contributed by atoms with Crippen LogP contribution in [0.3, 0.4) is 0 Å². The van der Waals surface area contributed by atoms with E-state index >= 15 is 0 Å². The Morgan fingerprint density at radius 2 is 1.81 bits per heavy atom. The lowest BCUT2D eigenvalue weighted by atomic mass is 10.3. The average molecular weight is 271 g/mol. The van der Waals surface area contributed by atoms with Gasteiger partial charge in [0.15, 0.2) is 0 Å². The van der Waals surface area contributed by atoms with Crippen LogP contribution in [0, 0.1) is 0 Å². The largest absolute Gasteiger partial charge is 0.481 e. The summed E-state index contributed by atoms with van der Waals surface area (Å²) in [4.78, 5) is 9.00. The topological polar surface area (TPSA) is 57.5 Å². The fourth-order valence-corrected chi connectivity index (χ4v) is 0.662. The van der Waals surface area contributed by atoms with Crippen molar-refractivity contribution in [1.82, 2.24) is 0 Å². The second-order valence-electron chi connectivity index (χ2n) is 2.43. The monoisotopic (exact) mass is 270 g/mol. The van der Waals surface area contributed by atoms with E-state index in [9.17, 15) is 0 Å². The fourth-order valence-electron chi connectivity index (χ4n) is 0.393. The Bertz CT molecular complexity index is 176. The summed E-state index contributed by atoms with van der Waals surface area (Å²) in [7, 11) is 0. The van der Waals surface area contributed by atoms with Crippen LogP contribution in [0.4, 0.5) is 0 Å². The lowest BCUT2D eigenvalue weighted by Crippen LogP contribution is -1.78. The van der Waals surface area contributed by atoms with E-state index in [1.54, 1.807) is 6.08 Å². The highest BCUT2D eigenvalue weighted by atomic mass is 35.5. The Hall–Kier alpha value is -0.510. The number of aliphatic hydroxyl groups excluding tert-OH is 1. The summed E-state index contributed by atoms with van der Waals surface area (Å²) in [5.41, 5.74) is 1.40. The molecule has 0 rings (SSSR count). The smallest absolute Gasteiger partial charge is 0.300 e. The third kappa shape index (κ3) is 69.8. The highest BCUT2D eigenvalue weighted by molar-refractivity contribution is 6.26. The van der Waals surface area contributed by atoms with Gasteiger partial charge in [0.1, 0.15) is 0 Å². The molecule has 0 aromatic carbocycles. The van der Waals surface area contributed by atoms with Crippen molar-refractivity contribution >= 4 is 29.2 Å². The highest BCUT2D eigenvalue weighted by Crippen LogP contribution is 1.82. The summed E-state index contributed by atoms with van der Waals surface area (Å²) in [6.07, 6.45) is 7.56. The van der Waals surface area contributed by atoms with E-state index in [4.69, 9.17) is 38.2 Å². The number of carbonyl (C=O) groups is 1. The number of carboxylic acids is 1. The van der Waals surface area contributed by atoms with Gasteiger partial charge in [0, 0.05) is 24.9 Å². The van der Waals surface area contributed by atoms with Gasteiger partial charge < -0.3 is 10.2 Å². The Morgan fingerprint density at radius 1 is 1.31 bits per heavy atom. The van der Waals surface area contributed by atoms with Crippen LogP contribution in [0.5, 0.6) is 0 Å². The minimum atomic E-state index is -0.833. The number of halogens is 2. The van der Waals surface area contributed by atoms with Crippen molar-refractivity contribution in [2.24, 2.45) is 0 Å². The molecule has 0 amide bonds. The molecular formula is C11H20Cl2O3. The first kappa shape index (κ1) is 20.8. The second-order valence-corrected chi connectivity index (χ2v) is 2.99. The number of carboxylic acid groups (broad SMARTS) is 1. The predicted octanol–water partition coefficient (Wildman–Crippen LogP) is 3.40. The third-order valence-electron chi connectivity index (χ3n) is 0.876. The summed E-state index contributed by atoms with van der Waals surface area (Å²) < 4.78 is 0. The standard InChI is InChI=1S/C6H12O.C3H4Cl2.C2H4O2/c1-2-3-4-5-6-7;4-2-1-3-5;1-2(3)4/h3-4,7H,2,5-6H2,1H3;1-2H,3H2;1H3,(H,3,4)/b4-3-;2-1-;. The van der Waals surface area contributed by atoms with Gasteiger partial charge in [0.25, 0.3) is 5.97 Å². The summed E-state index contributed by atoms with van der Waals surface area (Å²) in [6.45, 7) is 3.43. The van der Waals surface area contributed by atoms with Gasteiger partial charge in [-0.25, -0.2) is 0 Å². The summed E-state index contributed by atoms with van der Waals surface area (Å²) in [5.74, 6) is -0.330. The van der Waals surface area contributed by atoms with E-state index in [1.807, 2.05) is 6.08 Å². The summed E-state index contributed by atoms with van der Waals surface area (Å²) in [6, 6.07) is 0. The molecule has 0 heterocycles. The molecule has 0 aliphatic carbocycles. The molecule has 0 spiro atoms. The minimum absolute atomic E-state index is 0.274. The van der Waals surface area contributed by atoms with Crippen LogP contribution in [-0.2, 0) is 4.79 Å². The molecule has 0 aliphatic heterocycles. The van der Waals surface area contributed by atoms with E-state index < -0.39 is 5.97 Å². The number of allylic oxidation sites excluding steroid dienone is 2. The number of alkyl halides is 1. The molecule has 0 bridgehead atoms. The zero-order valence-electron chi connectivity index (χ0n) is 9.70. The quantitative estimate of drug-likeness (QED) is 0.608. The molecule has 0 aromatic heterocycles. The maximum absolute atomic E-state index is 9.00. The lowest BCUT2D eigenvalue weighted by molar-refractivity contribution is -0.134. The molecule has 0 atom stereocenters. The predicted molar refractivity (Wildman–Crippen MR) is 70.2 cm³/mol. The molecular weight excluding hydrogens is 251 g/mol. The van der Waals surface area contributed by atoms with Gasteiger partial charge in [-0.15, -0.1) is 11.6 Å². The van der Waals surface area contributed by atoms with Gasteiger partial charge in [-0.05, 0) is 12.8 Å². The maximum atomic E-state index is 9.00. The van der Waals surface area contributed by atoms with Gasteiger partial charge in [-0.3, -0.25) is 4.79 Å². The zero-order valence-corrected chi connectivity index (χ0v) is 11.2. The molecule has 2 N–H and O–H groups in total. The van der Waals surface area contributed by atoms with E-state index in [-0.39, 0.29) is 6.61 Å². The fraction of sp³-hybridized carbons (Fsp3) is 0.545. The Kier molecular flexibility index (Phi) is 31.2. The van der Waals surface area contributed by atoms with Crippen LogP contribution in [-0.4, -0.2) is 28.7 Å². The molecule has 0 radical (unpaired) electrons. The lowest BCUT2D eigenvalue weighted by Gasteiger charge is -1.79. The average Bonchev–Trinajstić information content (AvgIpc) is 2.20. The number of aliphatic carboxylic acids is 1. The summed E-state index contributed by atoms with van der Waals surface area (Å²) in [5, 5.41) is 15.7. The normalized spacial score (nSPS) is 9.31. The van der Waals surface area contributed by atoms with Crippen LogP contribution in [0.1, 0.15) is 26.7 Å². The number of hydrogen-bond donors (Lipinski definition) is 2. The van der Waals surface area contributed by atoms with Gasteiger partial charge in [-0.1, -0.05) is 36.8 Å². The van der Waals surface area contributed by atoms with Crippen molar-refractivity contribution in [3.63, 3.8) is 0 Å². The van der Waals surface area contributed by atoms with Crippen LogP contribution >= 0.6 is 23.2 Å². The maximum Gasteiger partial charge on any atom is 0.300 e. The van der Waals surface area contributed by atoms with E-state index in [0.29, 0.717) is 5.88 Å². The molecule has 0 aliphatic rings. The second kappa shape index (κ2) is 24.0. The van der Waals surface area contributed by atoms with E-state index in [2.05, 4.69) is 13.0 Å². The Morgan fingerprint density at radius 3 is 2.00 bits per heavy atom. The first-order valence-electron chi connectivity index (χ1n) is 4.83. The molecule has 96 valence electrons. The van der Waals surface area contributed by atoms with Crippen LogP contribution in [0.2, 0.25) is 0 Å². The van der Waals surface area contributed by atoms with Gasteiger partial charge in [0.2, 0.25) is 0 Å². The van der Waals surface area contributed by atoms with Crippen molar-refractivity contribution in [2.75, 3.05) is 12.5 Å². The van der Waals surface area contributed by atoms with Crippen molar-refractivity contribution < 1.29 is 15.0 Å². The molecule has 0 saturated heterocycles. The van der Waals surface area contributed by atoms with Crippen molar-refractivity contribution in [3.05, 3.63) is 23.8 Å². The van der Waals surface area contributed by atoms with Crippen LogP contribution < -0.4 is 0 Å². The number of aliphatic hydroxyl groups is 1. The third-order valence-corrected chi connectivity index (χ3v) is 1.23. The van der Waals surface area contributed by atoms with Crippen LogP contribution in [0.25, 0.3) is 0 Å². The zero-order chi connectivity index (χ0) is 13.2. The highest BCUT2D eigenvalue weighted by Gasteiger charge is 1.69. The van der Waals surface area contributed by atoms with Gasteiger partial charge in [0.05, 0.1) is 0 Å². The molecule has 5 heteroatoms. The Balaban J connectivity index is -0.000000166. The van der Waals surface area contributed by atoms with Crippen molar-refractivity contribution in [1.29, 1.82) is 0 Å². The van der Waals surface area contributed by atoms with Crippen molar-refractivity contribution in [2.45, 2.75) is 26.7 Å². The van der Waals surface area contributed by atoms with Crippen LogP contribution in [0.15, 0.2) is 23.8 Å².